The van der Waals surface area contributed by atoms with E-state index in [1.807, 2.05) is 11.8 Å². The van der Waals surface area contributed by atoms with E-state index in [1.54, 1.807) is 0 Å². The first-order valence-electron chi connectivity index (χ1n) is 7.73. The third-order valence-electron chi connectivity index (χ3n) is 4.47. The molecule has 0 aromatic rings. The average molecular weight is 284 g/mol. The molecular formula is C15H28N2O3. The summed E-state index contributed by atoms with van der Waals surface area (Å²) in [6.07, 6.45) is 4.10. The van der Waals surface area contributed by atoms with Crippen LogP contribution in [-0.2, 0) is 4.74 Å². The van der Waals surface area contributed by atoms with Crippen molar-refractivity contribution >= 4 is 6.03 Å². The van der Waals surface area contributed by atoms with Crippen LogP contribution in [0.5, 0.6) is 0 Å². The maximum atomic E-state index is 12.4. The number of piperidine rings is 1. The van der Waals surface area contributed by atoms with Gasteiger partial charge in [0.1, 0.15) is 0 Å². The summed E-state index contributed by atoms with van der Waals surface area (Å²) in [6, 6.07) is 0.208. The van der Waals surface area contributed by atoms with Gasteiger partial charge in [-0.2, -0.15) is 0 Å². The van der Waals surface area contributed by atoms with E-state index in [-0.39, 0.29) is 36.3 Å². The second-order valence-electron chi connectivity index (χ2n) is 6.87. The Kier molecular flexibility index (Phi) is 4.91. The quantitative estimate of drug-likeness (QED) is 0.812. The highest BCUT2D eigenvalue weighted by molar-refractivity contribution is 5.74. The van der Waals surface area contributed by atoms with Crippen molar-refractivity contribution < 1.29 is 14.6 Å². The third-order valence-corrected chi connectivity index (χ3v) is 4.47. The summed E-state index contributed by atoms with van der Waals surface area (Å²) in [6.45, 7) is 7.73. The van der Waals surface area contributed by atoms with E-state index < -0.39 is 0 Å². The van der Waals surface area contributed by atoms with E-state index in [2.05, 4.69) is 19.2 Å². The van der Waals surface area contributed by atoms with Crippen molar-refractivity contribution in [3.63, 3.8) is 0 Å². The first kappa shape index (κ1) is 15.6. The number of aliphatic hydroxyl groups excluding tert-OH is 1. The smallest absolute Gasteiger partial charge is 0.317 e. The zero-order valence-corrected chi connectivity index (χ0v) is 12.9. The maximum absolute atomic E-state index is 12.4. The molecule has 0 radical (unpaired) electrons. The summed E-state index contributed by atoms with van der Waals surface area (Å²) in [5, 5.41) is 12.6. The van der Waals surface area contributed by atoms with Gasteiger partial charge in [0.15, 0.2) is 0 Å². The predicted molar refractivity (Wildman–Crippen MR) is 77.6 cm³/mol. The lowest BCUT2D eigenvalue weighted by atomic mass is 9.83. The van der Waals surface area contributed by atoms with Crippen LogP contribution in [0.2, 0.25) is 0 Å². The van der Waals surface area contributed by atoms with Crippen LogP contribution in [0, 0.1) is 5.41 Å². The molecule has 20 heavy (non-hydrogen) atoms. The molecule has 2 fully saturated rings. The van der Waals surface area contributed by atoms with Gasteiger partial charge in [-0.3, -0.25) is 0 Å². The van der Waals surface area contributed by atoms with Crippen molar-refractivity contribution in [1.82, 2.24) is 10.2 Å². The van der Waals surface area contributed by atoms with Crippen molar-refractivity contribution in [2.24, 2.45) is 5.41 Å². The zero-order chi connectivity index (χ0) is 14.8. The van der Waals surface area contributed by atoms with Crippen LogP contribution >= 0.6 is 0 Å². The molecule has 0 aromatic carbocycles. The van der Waals surface area contributed by atoms with Crippen LogP contribution in [0.4, 0.5) is 4.79 Å². The number of hydrogen-bond acceptors (Lipinski definition) is 3. The Labute approximate surface area is 121 Å². The van der Waals surface area contributed by atoms with Crippen molar-refractivity contribution in [2.75, 3.05) is 19.7 Å². The minimum absolute atomic E-state index is 0.00988. The number of carbonyl (C=O) groups excluding carboxylic acids is 1. The Morgan fingerprint density at radius 1 is 1.40 bits per heavy atom. The predicted octanol–water partition coefficient (Wildman–Crippen LogP) is 1.75. The molecule has 2 aliphatic rings. The first-order valence-corrected chi connectivity index (χ1v) is 7.73. The highest BCUT2D eigenvalue weighted by Crippen LogP contribution is 2.29. The SMILES string of the molecule is CC1CC(NC(=O)N2CCCC(C)(CO)C2)CC(C)O1. The van der Waals surface area contributed by atoms with Gasteiger partial charge in [0.05, 0.1) is 18.8 Å². The number of carbonyl (C=O) groups is 1. The van der Waals surface area contributed by atoms with Crippen molar-refractivity contribution in [2.45, 2.75) is 64.7 Å². The average Bonchev–Trinajstić information content (AvgIpc) is 2.37. The molecule has 0 spiro atoms. The molecule has 0 bridgehead atoms. The topological polar surface area (TPSA) is 61.8 Å². The van der Waals surface area contributed by atoms with E-state index in [1.165, 1.54) is 0 Å². The Morgan fingerprint density at radius 2 is 2.05 bits per heavy atom. The number of rotatable bonds is 2. The zero-order valence-electron chi connectivity index (χ0n) is 12.9. The Bertz CT molecular complexity index is 340. The number of hydrogen-bond donors (Lipinski definition) is 2. The molecular weight excluding hydrogens is 256 g/mol. The first-order chi connectivity index (χ1) is 9.42. The fourth-order valence-electron chi connectivity index (χ4n) is 3.41. The fourth-order valence-corrected chi connectivity index (χ4v) is 3.41. The molecule has 2 amide bonds. The molecule has 5 heteroatoms. The van der Waals surface area contributed by atoms with Gasteiger partial charge in [0.2, 0.25) is 0 Å². The molecule has 0 aliphatic carbocycles. The summed E-state index contributed by atoms with van der Waals surface area (Å²) in [7, 11) is 0. The Hall–Kier alpha value is -0.810. The second-order valence-corrected chi connectivity index (χ2v) is 6.87. The summed E-state index contributed by atoms with van der Waals surface area (Å²) in [4.78, 5) is 14.2. The number of ether oxygens (including phenoxy) is 1. The van der Waals surface area contributed by atoms with Crippen LogP contribution in [0.25, 0.3) is 0 Å². The largest absolute Gasteiger partial charge is 0.396 e. The Morgan fingerprint density at radius 3 is 2.65 bits per heavy atom. The molecule has 3 unspecified atom stereocenters. The summed E-state index contributed by atoms with van der Waals surface area (Å²) in [5.74, 6) is 0. The van der Waals surface area contributed by atoms with Crippen molar-refractivity contribution in [1.29, 1.82) is 0 Å². The van der Waals surface area contributed by atoms with Crippen LogP contribution in [0.1, 0.15) is 46.5 Å². The monoisotopic (exact) mass is 284 g/mol. The number of amides is 2. The lowest BCUT2D eigenvalue weighted by molar-refractivity contribution is -0.0411. The van der Waals surface area contributed by atoms with Crippen LogP contribution in [-0.4, -0.2) is 54.0 Å². The van der Waals surface area contributed by atoms with Crippen LogP contribution in [0.3, 0.4) is 0 Å². The molecule has 5 nitrogen and oxygen atoms in total. The van der Waals surface area contributed by atoms with E-state index in [9.17, 15) is 9.90 Å². The van der Waals surface area contributed by atoms with E-state index >= 15 is 0 Å². The van der Waals surface area contributed by atoms with Gasteiger partial charge < -0.3 is 20.1 Å². The number of nitrogens with one attached hydrogen (secondary N) is 1. The lowest BCUT2D eigenvalue weighted by Crippen LogP contribution is -2.53. The molecule has 0 saturated carbocycles. The van der Waals surface area contributed by atoms with Gasteiger partial charge in [0, 0.05) is 24.5 Å². The summed E-state index contributed by atoms with van der Waals surface area (Å²) < 4.78 is 5.70. The van der Waals surface area contributed by atoms with Gasteiger partial charge in [-0.05, 0) is 39.5 Å². The van der Waals surface area contributed by atoms with Gasteiger partial charge in [-0.25, -0.2) is 4.79 Å². The van der Waals surface area contributed by atoms with Gasteiger partial charge in [-0.1, -0.05) is 6.92 Å². The highest BCUT2D eigenvalue weighted by atomic mass is 16.5. The van der Waals surface area contributed by atoms with Gasteiger partial charge in [-0.15, -0.1) is 0 Å². The highest BCUT2D eigenvalue weighted by Gasteiger charge is 2.34. The van der Waals surface area contributed by atoms with Crippen LogP contribution < -0.4 is 5.32 Å². The van der Waals surface area contributed by atoms with Crippen molar-refractivity contribution in [3.8, 4) is 0 Å². The molecule has 2 saturated heterocycles. The van der Waals surface area contributed by atoms with E-state index in [0.717, 1.165) is 32.2 Å². The molecule has 2 heterocycles. The molecule has 0 aromatic heterocycles. The minimum atomic E-state index is -0.147. The molecule has 2 aliphatic heterocycles. The molecule has 116 valence electrons. The van der Waals surface area contributed by atoms with Gasteiger partial charge >= 0.3 is 6.03 Å². The van der Waals surface area contributed by atoms with Crippen molar-refractivity contribution in [3.05, 3.63) is 0 Å². The third kappa shape index (κ3) is 3.85. The summed E-state index contributed by atoms with van der Waals surface area (Å²) in [5.41, 5.74) is -0.147. The van der Waals surface area contributed by atoms with E-state index in [4.69, 9.17) is 4.74 Å². The standard InChI is InChI=1S/C15H28N2O3/c1-11-7-13(8-12(2)20-11)16-14(19)17-6-4-5-15(3,9-17)10-18/h11-13,18H,4-10H2,1-3H3,(H,16,19). The maximum Gasteiger partial charge on any atom is 0.317 e. The number of nitrogens with zero attached hydrogens (tertiary/aromatic N) is 1. The van der Waals surface area contributed by atoms with Gasteiger partial charge in [0.25, 0.3) is 0 Å². The molecule has 2 rings (SSSR count). The minimum Gasteiger partial charge on any atom is -0.396 e. The van der Waals surface area contributed by atoms with E-state index in [0.29, 0.717) is 6.54 Å². The number of urea groups is 1. The summed E-state index contributed by atoms with van der Waals surface area (Å²) >= 11 is 0. The number of likely N-dealkylation sites (tertiary alicyclic amines) is 1. The second kappa shape index (κ2) is 6.31. The van der Waals surface area contributed by atoms with Crippen LogP contribution in [0.15, 0.2) is 0 Å². The normalized spacial score (nSPS) is 38.6. The number of aliphatic hydroxyl groups is 1. The lowest BCUT2D eigenvalue weighted by Gasteiger charge is -2.40. The Balaban J connectivity index is 1.88. The molecule has 2 N–H and O–H groups in total. The fraction of sp³-hybridized carbons (Fsp3) is 0.933. The molecule has 3 atom stereocenters.